The summed E-state index contributed by atoms with van der Waals surface area (Å²) >= 11 is 0. The Labute approximate surface area is 445 Å². The summed E-state index contributed by atoms with van der Waals surface area (Å²) in [4.78, 5) is 100.0. The van der Waals surface area contributed by atoms with E-state index in [2.05, 4.69) is 27.9 Å². The lowest BCUT2D eigenvalue weighted by molar-refractivity contribution is -0.450. The molecule has 9 unspecified atom stereocenters. The highest BCUT2D eigenvalue weighted by atomic mass is 31.2. The van der Waals surface area contributed by atoms with Crippen molar-refractivity contribution >= 4 is 43.2 Å². The minimum atomic E-state index is -5.80. The number of phosphoric acid groups is 4. The minimum absolute atomic E-state index is 0.0604. The highest BCUT2D eigenvalue weighted by Gasteiger charge is 2.60. The summed E-state index contributed by atoms with van der Waals surface area (Å²) in [7, 11) is -22.9. The van der Waals surface area contributed by atoms with Crippen molar-refractivity contribution in [3.05, 3.63) is 0 Å². The summed E-state index contributed by atoms with van der Waals surface area (Å²) < 4.78 is 83.1. The predicted molar refractivity (Wildman–Crippen MR) is 270 cm³/mol. The molecule has 0 spiro atoms. The van der Waals surface area contributed by atoms with Gasteiger partial charge in [-0.1, -0.05) is 174 Å². The van der Waals surface area contributed by atoms with Crippen LogP contribution in [0.1, 0.15) is 200 Å². The van der Waals surface area contributed by atoms with E-state index in [0.717, 1.165) is 83.5 Å². The zero-order valence-corrected chi connectivity index (χ0v) is 47.5. The fourth-order valence-corrected chi connectivity index (χ4v) is 10.8. The Hall–Kier alpha value is -0.900. The van der Waals surface area contributed by atoms with Crippen LogP contribution in [0.2, 0.25) is 0 Å². The van der Waals surface area contributed by atoms with E-state index in [9.17, 15) is 92.7 Å². The quantitative estimate of drug-likeness (QED) is 0.00855. The first-order valence-corrected chi connectivity index (χ1v) is 32.7. The lowest BCUT2D eigenvalue weighted by Gasteiger charge is -2.45. The summed E-state index contributed by atoms with van der Waals surface area (Å²) in [5, 5.41) is 60.8. The first-order valence-electron chi connectivity index (χ1n) is 26.6. The van der Waals surface area contributed by atoms with Crippen molar-refractivity contribution in [2.45, 2.75) is 261 Å². The van der Waals surface area contributed by atoms with E-state index < -0.39 is 130 Å². The van der Waals surface area contributed by atoms with Crippen LogP contribution in [0.25, 0.3) is 0 Å². The second-order valence-electron chi connectivity index (χ2n) is 19.4. The van der Waals surface area contributed by atoms with Crippen LogP contribution >= 0.6 is 31.3 Å². The number of ether oxygens (including phenoxy) is 2. The van der Waals surface area contributed by atoms with Crippen molar-refractivity contribution < 1.29 is 130 Å². The van der Waals surface area contributed by atoms with E-state index in [1.54, 1.807) is 0 Å². The maximum absolute atomic E-state index is 13.6. The zero-order chi connectivity index (χ0) is 57.4. The van der Waals surface area contributed by atoms with Gasteiger partial charge in [0.15, 0.2) is 6.10 Å². The van der Waals surface area contributed by atoms with Gasteiger partial charge in [-0.15, -0.1) is 4.67 Å². The number of esters is 2. The maximum atomic E-state index is 13.6. The Balaban J connectivity index is 3.20. The van der Waals surface area contributed by atoms with Gasteiger partial charge in [0.1, 0.15) is 49.3 Å². The van der Waals surface area contributed by atoms with E-state index in [1.165, 1.54) is 51.4 Å². The summed E-state index contributed by atoms with van der Waals surface area (Å²) in [6.07, 6.45) is 1.45. The zero-order valence-electron chi connectivity index (χ0n) is 43.9. The van der Waals surface area contributed by atoms with Crippen LogP contribution in [-0.2, 0) is 65.0 Å². The van der Waals surface area contributed by atoms with Crippen LogP contribution in [0.3, 0.4) is 0 Å². The van der Waals surface area contributed by atoms with Crippen LogP contribution in [-0.4, -0.2) is 151 Å². The molecule has 1 rings (SSSR count). The van der Waals surface area contributed by atoms with Crippen molar-refractivity contribution in [3.63, 3.8) is 0 Å². The Kier molecular flexibility index (Phi) is 37.3. The lowest BCUT2D eigenvalue weighted by Crippen LogP contribution is -2.71. The second-order valence-corrected chi connectivity index (χ2v) is 24.3. The number of aliphatic hydroxyl groups is 6. The third kappa shape index (κ3) is 33.8. The number of carbonyl (C=O) groups excluding carboxylic acids is 2. The van der Waals surface area contributed by atoms with Gasteiger partial charge in [0, 0.05) is 6.42 Å². The predicted octanol–water partition coefficient (Wildman–Crippen LogP) is 5.80. The SMILES string of the molecule is CCCCCCCCCCCCCCCCCC(=O)OCC(COP(=O)(O)OOC1(O)C(O)C(O)C(O)C(O)C1O)OC(=O)CC(OP(=O)(O)O)C(OP(=O)(O)O)C(CCCCCCCCCCCCC)OP(=O)(O)O. The number of unbranched alkanes of at least 4 members (excludes halogenated alkanes) is 24. The van der Waals surface area contributed by atoms with Crippen molar-refractivity contribution in [3.8, 4) is 0 Å². The highest BCUT2D eigenvalue weighted by molar-refractivity contribution is 7.47. The van der Waals surface area contributed by atoms with Crippen molar-refractivity contribution in [2.24, 2.45) is 0 Å². The Morgan fingerprint density at radius 1 is 0.487 bits per heavy atom. The molecular formula is C45H90O27P4. The molecule has 0 heterocycles. The molecule has 1 aliphatic rings. The topological polar surface area (TPSA) is 439 Å². The Morgan fingerprint density at radius 2 is 0.868 bits per heavy atom. The van der Waals surface area contributed by atoms with Gasteiger partial charge in [-0.25, -0.2) is 18.3 Å². The fraction of sp³-hybridized carbons (Fsp3) is 0.956. The molecule has 0 aromatic rings. The molecule has 0 aromatic heterocycles. The average molecular weight is 1190 g/mol. The molecule has 76 heavy (non-hydrogen) atoms. The van der Waals surface area contributed by atoms with Crippen LogP contribution in [0.5, 0.6) is 0 Å². The molecule has 0 saturated heterocycles. The molecule has 0 aromatic carbocycles. The largest absolute Gasteiger partial charge is 0.499 e. The molecular weight excluding hydrogens is 1100 g/mol. The van der Waals surface area contributed by atoms with E-state index in [4.69, 9.17) is 23.0 Å². The maximum Gasteiger partial charge on any atom is 0.499 e. The molecule has 1 saturated carbocycles. The Morgan fingerprint density at radius 3 is 1.28 bits per heavy atom. The summed E-state index contributed by atoms with van der Waals surface area (Å²) in [6.45, 7) is 1.99. The molecule has 13 N–H and O–H groups in total. The molecule has 1 aliphatic carbocycles. The first kappa shape index (κ1) is 73.1. The molecule has 0 aliphatic heterocycles. The number of carbonyl (C=O) groups is 2. The van der Waals surface area contributed by atoms with Gasteiger partial charge in [-0.3, -0.25) is 27.7 Å². The van der Waals surface area contributed by atoms with Gasteiger partial charge >= 0.3 is 43.2 Å². The fourth-order valence-electron chi connectivity index (χ4n) is 8.44. The van der Waals surface area contributed by atoms with Gasteiger partial charge in [0.05, 0.1) is 19.1 Å². The number of phosphoric ester groups is 4. The summed E-state index contributed by atoms with van der Waals surface area (Å²) in [6, 6.07) is 0. The standard InChI is InChI=1S/C45H90O27P4/c1-3-5-7-9-11-13-15-16-17-18-20-22-24-26-28-30-37(46)65-32-34(33-66-76(63,64)72-71-45(53)43(51)40(49)39(48)41(50)44(45)52)67-38(47)31-36(69-74(57,58)59)42(70-75(60,61)62)35(68-73(54,55)56)29-27-25-23-21-19-14-12-10-8-6-4-2/h34-36,39-44,48-53H,3-33H2,1-2H3,(H,63,64)(H2,54,55,56)(H2,57,58,59)(H2,60,61,62). The third-order valence-corrected chi connectivity index (χ3v) is 14.9. The van der Waals surface area contributed by atoms with Crippen molar-refractivity contribution in [1.29, 1.82) is 0 Å². The lowest BCUT2D eigenvalue weighted by atomic mass is 9.82. The normalized spacial score (nSPS) is 22.9. The minimum Gasteiger partial charge on any atom is -0.462 e. The highest BCUT2D eigenvalue weighted by Crippen LogP contribution is 2.49. The van der Waals surface area contributed by atoms with E-state index in [1.807, 2.05) is 0 Å². The van der Waals surface area contributed by atoms with Gasteiger partial charge in [0.25, 0.3) is 5.79 Å². The molecule has 9 atom stereocenters. The van der Waals surface area contributed by atoms with Gasteiger partial charge < -0.3 is 74.4 Å². The van der Waals surface area contributed by atoms with Crippen LogP contribution in [0, 0.1) is 0 Å². The number of aliphatic hydroxyl groups excluding tert-OH is 5. The summed E-state index contributed by atoms with van der Waals surface area (Å²) in [5.74, 6) is -6.10. The molecule has 0 bridgehead atoms. The second kappa shape index (κ2) is 38.7. The number of hydrogen-bond donors (Lipinski definition) is 13. The van der Waals surface area contributed by atoms with Crippen LogP contribution in [0.15, 0.2) is 0 Å². The first-order chi connectivity index (χ1) is 35.6. The number of rotatable bonds is 47. The summed E-state index contributed by atoms with van der Waals surface area (Å²) in [5.41, 5.74) is 0. The van der Waals surface area contributed by atoms with Gasteiger partial charge in [-0.05, 0) is 12.8 Å². The number of hydrogen-bond acceptors (Lipinski definition) is 20. The van der Waals surface area contributed by atoms with E-state index in [-0.39, 0.29) is 12.8 Å². The van der Waals surface area contributed by atoms with E-state index in [0.29, 0.717) is 25.7 Å². The van der Waals surface area contributed by atoms with Crippen molar-refractivity contribution in [1.82, 2.24) is 0 Å². The molecule has 0 radical (unpaired) electrons. The Bertz CT molecular complexity index is 1750. The molecule has 31 heteroatoms. The van der Waals surface area contributed by atoms with Crippen molar-refractivity contribution in [2.75, 3.05) is 13.2 Å². The monoisotopic (exact) mass is 1190 g/mol. The smallest absolute Gasteiger partial charge is 0.462 e. The van der Waals surface area contributed by atoms with Crippen LogP contribution in [0.4, 0.5) is 0 Å². The van der Waals surface area contributed by atoms with E-state index >= 15 is 0 Å². The molecule has 0 amide bonds. The van der Waals surface area contributed by atoms with Crippen LogP contribution < -0.4 is 0 Å². The van der Waals surface area contributed by atoms with Gasteiger partial charge in [0.2, 0.25) is 0 Å². The molecule has 1 fully saturated rings. The third-order valence-electron chi connectivity index (χ3n) is 12.6. The average Bonchev–Trinajstić information content (AvgIpc) is 3.33. The van der Waals surface area contributed by atoms with Gasteiger partial charge in [-0.2, -0.15) is 4.89 Å². The molecule has 27 nitrogen and oxygen atoms in total. The molecule has 452 valence electrons.